The van der Waals surface area contributed by atoms with Gasteiger partial charge in [-0.05, 0) is 43.1 Å². The van der Waals surface area contributed by atoms with Gasteiger partial charge in [0.05, 0.1) is 0 Å². The van der Waals surface area contributed by atoms with Gasteiger partial charge in [-0.3, -0.25) is 0 Å². The zero-order chi connectivity index (χ0) is 14.2. The molecular formula is C16H23NO3. The van der Waals surface area contributed by atoms with Crippen molar-refractivity contribution in [2.75, 3.05) is 13.2 Å². The lowest BCUT2D eigenvalue weighted by Gasteiger charge is -2.27. The summed E-state index contributed by atoms with van der Waals surface area (Å²) < 4.78 is 5.17. The number of hydrogen-bond acceptors (Lipinski definition) is 3. The summed E-state index contributed by atoms with van der Waals surface area (Å²) in [6.45, 7) is 1.27. The van der Waals surface area contributed by atoms with E-state index in [0.717, 1.165) is 31.2 Å². The summed E-state index contributed by atoms with van der Waals surface area (Å²) in [6, 6.07) is 9.66. The van der Waals surface area contributed by atoms with Crippen LogP contribution in [0.2, 0.25) is 0 Å². The van der Waals surface area contributed by atoms with Crippen LogP contribution in [0.3, 0.4) is 0 Å². The van der Waals surface area contributed by atoms with Gasteiger partial charge in [-0.2, -0.15) is 0 Å². The van der Waals surface area contributed by atoms with Crippen LogP contribution < -0.4 is 5.32 Å². The molecule has 0 unspecified atom stereocenters. The third-order valence-electron chi connectivity index (χ3n) is 3.97. The van der Waals surface area contributed by atoms with Crippen LogP contribution in [-0.4, -0.2) is 24.4 Å². The lowest BCUT2D eigenvalue weighted by molar-refractivity contribution is 0.132. The zero-order valence-corrected chi connectivity index (χ0v) is 11.8. The van der Waals surface area contributed by atoms with Gasteiger partial charge in [0.2, 0.25) is 0 Å². The molecule has 2 rings (SSSR count). The SMILES string of the molecule is O=C(NC[C@H]1CC[C@@H](CO)CC1)OCc1ccccc1. The Labute approximate surface area is 120 Å². The Bertz CT molecular complexity index is 399. The highest BCUT2D eigenvalue weighted by Gasteiger charge is 2.20. The number of aliphatic hydroxyl groups excluding tert-OH is 1. The fraction of sp³-hybridized carbons (Fsp3) is 0.562. The number of carbonyl (C=O) groups excluding carboxylic acids is 1. The third kappa shape index (κ3) is 4.85. The van der Waals surface area contributed by atoms with E-state index in [1.165, 1.54) is 0 Å². The molecule has 0 atom stereocenters. The van der Waals surface area contributed by atoms with Crippen molar-refractivity contribution in [2.24, 2.45) is 11.8 Å². The summed E-state index contributed by atoms with van der Waals surface area (Å²) in [6.07, 6.45) is 3.91. The van der Waals surface area contributed by atoms with Gasteiger partial charge in [0.15, 0.2) is 0 Å². The molecule has 1 aromatic rings. The van der Waals surface area contributed by atoms with E-state index in [2.05, 4.69) is 5.32 Å². The van der Waals surface area contributed by atoms with Crippen LogP contribution in [0, 0.1) is 11.8 Å². The van der Waals surface area contributed by atoms with E-state index < -0.39 is 0 Å². The van der Waals surface area contributed by atoms with Crippen LogP contribution in [-0.2, 0) is 11.3 Å². The summed E-state index contributed by atoms with van der Waals surface area (Å²) in [5, 5.41) is 11.9. The van der Waals surface area contributed by atoms with E-state index in [4.69, 9.17) is 9.84 Å². The van der Waals surface area contributed by atoms with E-state index in [9.17, 15) is 4.79 Å². The van der Waals surface area contributed by atoms with Crippen molar-refractivity contribution in [3.63, 3.8) is 0 Å². The minimum Gasteiger partial charge on any atom is -0.445 e. The van der Waals surface area contributed by atoms with Gasteiger partial charge in [0, 0.05) is 13.2 Å². The Kier molecular flexibility index (Phi) is 5.87. The van der Waals surface area contributed by atoms with E-state index in [1.54, 1.807) is 0 Å². The lowest BCUT2D eigenvalue weighted by Crippen LogP contribution is -2.32. The van der Waals surface area contributed by atoms with Crippen molar-refractivity contribution in [3.8, 4) is 0 Å². The number of hydrogen-bond donors (Lipinski definition) is 2. The van der Waals surface area contributed by atoms with Crippen molar-refractivity contribution >= 4 is 6.09 Å². The van der Waals surface area contributed by atoms with Crippen molar-refractivity contribution in [1.29, 1.82) is 0 Å². The topological polar surface area (TPSA) is 58.6 Å². The molecule has 0 heterocycles. The molecule has 1 fully saturated rings. The maximum Gasteiger partial charge on any atom is 0.407 e. The monoisotopic (exact) mass is 277 g/mol. The number of aliphatic hydroxyl groups is 1. The van der Waals surface area contributed by atoms with E-state index in [-0.39, 0.29) is 6.09 Å². The highest BCUT2D eigenvalue weighted by atomic mass is 16.5. The third-order valence-corrected chi connectivity index (χ3v) is 3.97. The van der Waals surface area contributed by atoms with Gasteiger partial charge >= 0.3 is 6.09 Å². The van der Waals surface area contributed by atoms with Crippen molar-refractivity contribution < 1.29 is 14.6 Å². The molecule has 0 radical (unpaired) electrons. The molecule has 0 aromatic heterocycles. The number of carbonyl (C=O) groups is 1. The summed E-state index contributed by atoms with van der Waals surface area (Å²) in [5.41, 5.74) is 0.992. The number of alkyl carbamates (subject to hydrolysis) is 1. The number of rotatable bonds is 5. The summed E-state index contributed by atoms with van der Waals surface area (Å²) in [4.78, 5) is 11.6. The molecule has 4 nitrogen and oxygen atoms in total. The van der Waals surface area contributed by atoms with Gasteiger partial charge in [-0.1, -0.05) is 30.3 Å². The summed E-state index contributed by atoms with van der Waals surface area (Å²) in [7, 11) is 0. The minimum absolute atomic E-state index is 0.291. The second-order valence-electron chi connectivity index (χ2n) is 5.51. The van der Waals surface area contributed by atoms with Gasteiger partial charge in [-0.25, -0.2) is 4.79 Å². The number of amides is 1. The average Bonchev–Trinajstić information content (AvgIpc) is 2.52. The van der Waals surface area contributed by atoms with Crippen molar-refractivity contribution in [2.45, 2.75) is 32.3 Å². The normalized spacial score (nSPS) is 22.2. The summed E-state index contributed by atoms with van der Waals surface area (Å²) >= 11 is 0. The van der Waals surface area contributed by atoms with E-state index in [0.29, 0.717) is 31.6 Å². The Morgan fingerprint density at radius 1 is 1.15 bits per heavy atom. The second kappa shape index (κ2) is 7.90. The fourth-order valence-electron chi connectivity index (χ4n) is 2.62. The van der Waals surface area contributed by atoms with Gasteiger partial charge < -0.3 is 15.2 Å². The van der Waals surface area contributed by atoms with Crippen LogP contribution in [0.15, 0.2) is 30.3 Å². The zero-order valence-electron chi connectivity index (χ0n) is 11.8. The van der Waals surface area contributed by atoms with E-state index >= 15 is 0 Å². The Morgan fingerprint density at radius 3 is 2.45 bits per heavy atom. The lowest BCUT2D eigenvalue weighted by atomic mass is 9.82. The maximum absolute atomic E-state index is 11.6. The van der Waals surface area contributed by atoms with Crippen LogP contribution in [0.5, 0.6) is 0 Å². The highest BCUT2D eigenvalue weighted by Crippen LogP contribution is 2.27. The van der Waals surface area contributed by atoms with Crippen LogP contribution >= 0.6 is 0 Å². The van der Waals surface area contributed by atoms with E-state index in [1.807, 2.05) is 30.3 Å². The molecule has 4 heteroatoms. The first-order valence-corrected chi connectivity index (χ1v) is 7.33. The first-order valence-electron chi connectivity index (χ1n) is 7.33. The second-order valence-corrected chi connectivity index (χ2v) is 5.51. The van der Waals surface area contributed by atoms with Crippen LogP contribution in [0.1, 0.15) is 31.2 Å². The largest absolute Gasteiger partial charge is 0.445 e. The number of nitrogens with one attached hydrogen (secondary N) is 1. The molecule has 1 saturated carbocycles. The smallest absolute Gasteiger partial charge is 0.407 e. The molecule has 1 aliphatic rings. The Hall–Kier alpha value is -1.55. The molecular weight excluding hydrogens is 254 g/mol. The maximum atomic E-state index is 11.6. The molecule has 1 aromatic carbocycles. The van der Waals surface area contributed by atoms with Crippen molar-refractivity contribution in [1.82, 2.24) is 5.32 Å². The molecule has 20 heavy (non-hydrogen) atoms. The molecule has 0 spiro atoms. The average molecular weight is 277 g/mol. The van der Waals surface area contributed by atoms with Crippen LogP contribution in [0.25, 0.3) is 0 Å². The Balaban J connectivity index is 1.61. The predicted octanol–water partition coefficient (Wildman–Crippen LogP) is 2.71. The van der Waals surface area contributed by atoms with Gasteiger partial charge in [0.1, 0.15) is 6.61 Å². The molecule has 0 aliphatic heterocycles. The fourth-order valence-corrected chi connectivity index (χ4v) is 2.62. The molecule has 1 amide bonds. The first kappa shape index (κ1) is 14.9. The standard InChI is InChI=1S/C16H23NO3/c18-11-14-8-6-13(7-9-14)10-17-16(19)20-12-15-4-2-1-3-5-15/h1-5,13-14,18H,6-12H2,(H,17,19)/t13-,14+. The molecule has 0 saturated heterocycles. The molecule has 2 N–H and O–H groups in total. The van der Waals surface area contributed by atoms with Crippen molar-refractivity contribution in [3.05, 3.63) is 35.9 Å². The number of benzene rings is 1. The van der Waals surface area contributed by atoms with Crippen LogP contribution in [0.4, 0.5) is 4.79 Å². The predicted molar refractivity (Wildman–Crippen MR) is 77.2 cm³/mol. The Morgan fingerprint density at radius 2 is 1.80 bits per heavy atom. The van der Waals surface area contributed by atoms with Gasteiger partial charge in [-0.15, -0.1) is 0 Å². The molecule has 110 valence electrons. The molecule has 0 bridgehead atoms. The van der Waals surface area contributed by atoms with Gasteiger partial charge in [0.25, 0.3) is 0 Å². The quantitative estimate of drug-likeness (QED) is 0.870. The number of ether oxygens (including phenoxy) is 1. The minimum atomic E-state index is -0.349. The first-order chi connectivity index (χ1) is 9.78. The molecule has 1 aliphatic carbocycles. The summed E-state index contributed by atoms with van der Waals surface area (Å²) in [5.74, 6) is 0.971. The highest BCUT2D eigenvalue weighted by molar-refractivity contribution is 5.67.